The quantitative estimate of drug-likeness (QED) is 0.795. The fourth-order valence-electron chi connectivity index (χ4n) is 1.56. The lowest BCUT2D eigenvalue weighted by atomic mass is 10.5. The molecule has 2 heterocycles. The first-order valence-electron chi connectivity index (χ1n) is 5.45. The van der Waals surface area contributed by atoms with E-state index >= 15 is 0 Å². The molecular weight excluding hydrogens is 274 g/mol. The molecule has 0 aliphatic carbocycles. The summed E-state index contributed by atoms with van der Waals surface area (Å²) in [4.78, 5) is 27.9. The van der Waals surface area contributed by atoms with Crippen molar-refractivity contribution in [1.29, 1.82) is 0 Å². The van der Waals surface area contributed by atoms with Gasteiger partial charge in [0.1, 0.15) is 5.01 Å². The Labute approximate surface area is 112 Å². The highest BCUT2D eigenvalue weighted by atomic mass is 35.5. The maximum atomic E-state index is 12.0. The van der Waals surface area contributed by atoms with Crippen LogP contribution in [0.25, 0.3) is 0 Å². The monoisotopic (exact) mass is 285 g/mol. The van der Waals surface area contributed by atoms with Crippen LogP contribution >= 0.6 is 22.9 Å². The number of hydrogen-bond donors (Lipinski definition) is 0. The zero-order chi connectivity index (χ0) is 13.1. The molecule has 0 aliphatic heterocycles. The first kappa shape index (κ1) is 13.0. The number of rotatable bonds is 4. The third-order valence-electron chi connectivity index (χ3n) is 2.51. The zero-order valence-corrected chi connectivity index (χ0v) is 11.4. The lowest BCUT2D eigenvalue weighted by molar-refractivity contribution is 0.598. The minimum Gasteiger partial charge on any atom is -0.301 e. The predicted molar refractivity (Wildman–Crippen MR) is 71.4 cm³/mol. The summed E-state index contributed by atoms with van der Waals surface area (Å²) in [5, 5.41) is 2.54. The molecule has 0 aliphatic rings. The summed E-state index contributed by atoms with van der Waals surface area (Å²) in [5.74, 6) is 0.333. The Morgan fingerprint density at radius 1 is 1.44 bits per heavy atom. The van der Waals surface area contributed by atoms with Gasteiger partial charge in [0.05, 0.1) is 18.1 Å². The van der Waals surface area contributed by atoms with Crippen molar-refractivity contribution < 1.29 is 0 Å². The third-order valence-corrected chi connectivity index (χ3v) is 3.67. The van der Waals surface area contributed by atoms with E-state index in [-0.39, 0.29) is 17.8 Å². The molecule has 0 amide bonds. The molecule has 0 fully saturated rings. The molecule has 0 spiro atoms. The highest BCUT2D eigenvalue weighted by Gasteiger charge is 2.08. The van der Waals surface area contributed by atoms with Gasteiger partial charge >= 0.3 is 5.69 Å². The highest BCUT2D eigenvalue weighted by molar-refractivity contribution is 7.09. The lowest BCUT2D eigenvalue weighted by Gasteiger charge is -2.06. The number of nitrogens with zero attached hydrogens (tertiary/aromatic N) is 3. The Hall–Kier alpha value is -1.40. The normalized spacial score (nSPS) is 10.8. The summed E-state index contributed by atoms with van der Waals surface area (Å²) in [7, 11) is 0. The molecule has 96 valence electrons. The van der Waals surface area contributed by atoms with E-state index in [1.165, 1.54) is 32.7 Å². The van der Waals surface area contributed by atoms with Gasteiger partial charge in [0.2, 0.25) is 0 Å². The second-order valence-corrected chi connectivity index (χ2v) is 4.88. The molecule has 2 aromatic heterocycles. The van der Waals surface area contributed by atoms with E-state index < -0.39 is 0 Å². The summed E-state index contributed by atoms with van der Waals surface area (Å²) in [6.07, 6.45) is 1.51. The minimum absolute atomic E-state index is 0.195. The standard InChI is InChI=1S/C11H12ClN3O2S/c1-2-14-4-3-10(16)15(11(14)17)6-9-13-8(5-12)7-18-9/h3-4,7H,2,5-6H2,1H3. The van der Waals surface area contributed by atoms with Crippen LogP contribution in [0.15, 0.2) is 27.2 Å². The first-order valence-corrected chi connectivity index (χ1v) is 6.86. The summed E-state index contributed by atoms with van der Waals surface area (Å²) in [6, 6.07) is 1.39. The molecule has 18 heavy (non-hydrogen) atoms. The largest absolute Gasteiger partial charge is 0.331 e. The number of thiazole rings is 1. The van der Waals surface area contributed by atoms with E-state index in [9.17, 15) is 9.59 Å². The Morgan fingerprint density at radius 2 is 2.22 bits per heavy atom. The van der Waals surface area contributed by atoms with Gasteiger partial charge in [-0.05, 0) is 6.92 Å². The molecule has 0 unspecified atom stereocenters. The SMILES string of the molecule is CCn1ccc(=O)n(Cc2nc(CCl)cs2)c1=O. The van der Waals surface area contributed by atoms with Crippen LogP contribution in [0.4, 0.5) is 0 Å². The third kappa shape index (κ3) is 2.54. The van der Waals surface area contributed by atoms with Crippen molar-refractivity contribution in [3.8, 4) is 0 Å². The average Bonchev–Trinajstić information content (AvgIpc) is 2.82. The van der Waals surface area contributed by atoms with Crippen LogP contribution in [-0.2, 0) is 19.0 Å². The van der Waals surface area contributed by atoms with Crippen molar-refractivity contribution in [2.75, 3.05) is 0 Å². The number of halogens is 1. The molecule has 2 rings (SSSR count). The molecule has 0 N–H and O–H groups in total. The second kappa shape index (κ2) is 5.49. The van der Waals surface area contributed by atoms with Crippen molar-refractivity contribution in [1.82, 2.24) is 14.1 Å². The summed E-state index contributed by atoms with van der Waals surface area (Å²) >= 11 is 7.06. The topological polar surface area (TPSA) is 56.9 Å². The molecule has 5 nitrogen and oxygen atoms in total. The number of aromatic nitrogens is 3. The van der Waals surface area contributed by atoms with Crippen molar-refractivity contribution in [3.05, 3.63) is 49.2 Å². The molecule has 0 saturated carbocycles. The summed E-state index contributed by atoms with van der Waals surface area (Å²) in [5.41, 5.74) is 0.136. The Bertz CT molecular complexity index is 659. The predicted octanol–water partition coefficient (Wildman–Crippen LogP) is 1.27. The van der Waals surface area contributed by atoms with Crippen LogP contribution in [0.2, 0.25) is 0 Å². The molecular formula is C11H12ClN3O2S. The molecule has 0 atom stereocenters. The highest BCUT2D eigenvalue weighted by Crippen LogP contribution is 2.11. The van der Waals surface area contributed by atoms with E-state index in [2.05, 4.69) is 4.98 Å². The number of aryl methyl sites for hydroxylation is 1. The fourth-order valence-corrected chi connectivity index (χ4v) is 2.57. The van der Waals surface area contributed by atoms with Crippen LogP contribution < -0.4 is 11.2 Å². The fraction of sp³-hybridized carbons (Fsp3) is 0.364. The van der Waals surface area contributed by atoms with E-state index in [1.807, 2.05) is 12.3 Å². The van der Waals surface area contributed by atoms with Crippen LogP contribution in [0.3, 0.4) is 0 Å². The molecule has 0 bridgehead atoms. The summed E-state index contributed by atoms with van der Waals surface area (Å²) in [6.45, 7) is 2.58. The number of hydrogen-bond acceptors (Lipinski definition) is 4. The maximum Gasteiger partial charge on any atom is 0.331 e. The van der Waals surface area contributed by atoms with Gasteiger partial charge in [-0.25, -0.2) is 9.78 Å². The van der Waals surface area contributed by atoms with E-state index in [0.29, 0.717) is 17.4 Å². The molecule has 2 aromatic rings. The number of alkyl halides is 1. The van der Waals surface area contributed by atoms with Gasteiger partial charge in [-0.15, -0.1) is 22.9 Å². The van der Waals surface area contributed by atoms with Gasteiger partial charge in [0, 0.05) is 24.2 Å². The van der Waals surface area contributed by atoms with Gasteiger partial charge in [0.15, 0.2) is 0 Å². The Balaban J connectivity index is 2.39. The lowest BCUT2D eigenvalue weighted by Crippen LogP contribution is -2.38. The van der Waals surface area contributed by atoms with Crippen LogP contribution in [0.5, 0.6) is 0 Å². The molecule has 0 radical (unpaired) electrons. The smallest absolute Gasteiger partial charge is 0.301 e. The van der Waals surface area contributed by atoms with E-state index in [1.54, 1.807) is 0 Å². The summed E-state index contributed by atoms with van der Waals surface area (Å²) < 4.78 is 2.66. The van der Waals surface area contributed by atoms with Gasteiger partial charge in [-0.3, -0.25) is 9.36 Å². The minimum atomic E-state index is -0.313. The van der Waals surface area contributed by atoms with Gasteiger partial charge in [-0.1, -0.05) is 0 Å². The molecule has 7 heteroatoms. The zero-order valence-electron chi connectivity index (χ0n) is 9.80. The van der Waals surface area contributed by atoms with Gasteiger partial charge in [-0.2, -0.15) is 0 Å². The van der Waals surface area contributed by atoms with Gasteiger partial charge in [0.25, 0.3) is 5.56 Å². The molecule has 0 aromatic carbocycles. The molecule has 0 saturated heterocycles. The second-order valence-electron chi connectivity index (χ2n) is 3.67. The van der Waals surface area contributed by atoms with Crippen LogP contribution in [-0.4, -0.2) is 14.1 Å². The van der Waals surface area contributed by atoms with Crippen molar-refractivity contribution in [2.45, 2.75) is 25.9 Å². The van der Waals surface area contributed by atoms with Crippen molar-refractivity contribution in [3.63, 3.8) is 0 Å². The first-order chi connectivity index (χ1) is 8.65. The average molecular weight is 286 g/mol. The van der Waals surface area contributed by atoms with Gasteiger partial charge < -0.3 is 4.57 Å². The maximum absolute atomic E-state index is 12.0. The van der Waals surface area contributed by atoms with E-state index in [4.69, 9.17) is 11.6 Å². The Morgan fingerprint density at radius 3 is 2.83 bits per heavy atom. The van der Waals surface area contributed by atoms with Crippen molar-refractivity contribution >= 4 is 22.9 Å². The Kier molecular flexibility index (Phi) is 3.98. The van der Waals surface area contributed by atoms with Crippen LogP contribution in [0.1, 0.15) is 17.6 Å². The van der Waals surface area contributed by atoms with Crippen molar-refractivity contribution in [2.24, 2.45) is 0 Å². The van der Waals surface area contributed by atoms with E-state index in [0.717, 1.165) is 5.69 Å². The van der Waals surface area contributed by atoms with Crippen LogP contribution in [0, 0.1) is 0 Å².